The first-order valence-corrected chi connectivity index (χ1v) is 12.0. The van der Waals surface area contributed by atoms with Crippen molar-refractivity contribution in [2.24, 2.45) is 27.0 Å². The minimum atomic E-state index is -0.0530. The molecule has 0 spiro atoms. The van der Waals surface area contributed by atoms with Crippen LogP contribution in [0.25, 0.3) is 0 Å². The fourth-order valence-corrected chi connectivity index (χ4v) is 5.74. The van der Waals surface area contributed by atoms with Crippen LogP contribution in [-0.2, 0) is 9.53 Å². The van der Waals surface area contributed by atoms with Crippen molar-refractivity contribution in [2.75, 3.05) is 26.8 Å². The molecule has 1 amide bonds. The average Bonchev–Trinajstić information content (AvgIpc) is 3.10. The van der Waals surface area contributed by atoms with Gasteiger partial charge in [0.1, 0.15) is 0 Å². The Hall–Kier alpha value is -2.41. The monoisotopic (exact) mass is 455 g/mol. The van der Waals surface area contributed by atoms with Crippen LogP contribution >= 0.6 is 0 Å². The molecule has 1 aromatic rings. The Morgan fingerprint density at radius 1 is 1.21 bits per heavy atom. The Balaban J connectivity index is 1.39. The van der Waals surface area contributed by atoms with Crippen molar-refractivity contribution in [3.8, 4) is 11.5 Å². The second-order valence-electron chi connectivity index (χ2n) is 10.5. The van der Waals surface area contributed by atoms with E-state index in [4.69, 9.17) is 14.2 Å². The predicted octanol–water partition coefficient (Wildman–Crippen LogP) is 4.33. The number of hydrogen-bond acceptors (Lipinski definition) is 6. The summed E-state index contributed by atoms with van der Waals surface area (Å²) >= 11 is 0. The first-order valence-electron chi connectivity index (χ1n) is 12.0. The van der Waals surface area contributed by atoms with E-state index in [1.807, 2.05) is 32.0 Å². The summed E-state index contributed by atoms with van der Waals surface area (Å²) in [5, 5.41) is 9.03. The van der Waals surface area contributed by atoms with Crippen molar-refractivity contribution in [1.82, 2.24) is 4.90 Å². The van der Waals surface area contributed by atoms with Gasteiger partial charge in [0, 0.05) is 24.2 Å². The molecule has 4 atom stereocenters. The number of fused-ring (bicyclic) bond motifs is 2. The number of ether oxygens (including phenoxy) is 3. The van der Waals surface area contributed by atoms with Crippen molar-refractivity contribution in [3.05, 3.63) is 23.8 Å². The number of carbonyl (C=O) groups is 1. The van der Waals surface area contributed by atoms with Crippen LogP contribution in [0.5, 0.6) is 11.5 Å². The Morgan fingerprint density at radius 2 is 1.94 bits per heavy atom. The van der Waals surface area contributed by atoms with Crippen LogP contribution in [0.4, 0.5) is 0 Å². The van der Waals surface area contributed by atoms with E-state index in [0.717, 1.165) is 12.0 Å². The van der Waals surface area contributed by atoms with Gasteiger partial charge >= 0.3 is 0 Å². The van der Waals surface area contributed by atoms with Gasteiger partial charge in [0.2, 0.25) is 0 Å². The molecule has 1 aliphatic heterocycles. The number of nitrogens with zero attached hydrogens (tertiary/aromatic N) is 3. The molecule has 2 bridgehead atoms. The molecule has 7 heteroatoms. The van der Waals surface area contributed by atoms with E-state index in [1.54, 1.807) is 18.2 Å². The third kappa shape index (κ3) is 4.52. The highest BCUT2D eigenvalue weighted by Crippen LogP contribution is 2.64. The van der Waals surface area contributed by atoms with Crippen molar-refractivity contribution in [3.63, 3.8) is 0 Å². The third-order valence-corrected chi connectivity index (χ3v) is 8.21. The summed E-state index contributed by atoms with van der Waals surface area (Å²) in [5.74, 6) is 1.75. The van der Waals surface area contributed by atoms with E-state index in [0.29, 0.717) is 30.5 Å². The van der Waals surface area contributed by atoms with Crippen LogP contribution < -0.4 is 9.47 Å². The normalized spacial score (nSPS) is 32.0. The smallest absolute Gasteiger partial charge is 0.260 e. The molecule has 2 aliphatic carbocycles. The fraction of sp³-hybridized carbons (Fsp3) is 0.654. The Kier molecular flexibility index (Phi) is 6.54. The van der Waals surface area contributed by atoms with Crippen LogP contribution in [0.2, 0.25) is 0 Å². The highest BCUT2D eigenvalue weighted by atomic mass is 16.5. The lowest BCUT2D eigenvalue weighted by atomic mass is 9.70. The van der Waals surface area contributed by atoms with Crippen molar-refractivity contribution < 1.29 is 19.0 Å². The van der Waals surface area contributed by atoms with E-state index in [-0.39, 0.29) is 35.6 Å². The Morgan fingerprint density at radius 3 is 2.55 bits per heavy atom. The second-order valence-corrected chi connectivity index (χ2v) is 10.5. The van der Waals surface area contributed by atoms with Gasteiger partial charge in [0.25, 0.3) is 5.91 Å². The first-order chi connectivity index (χ1) is 15.6. The predicted molar refractivity (Wildman–Crippen MR) is 129 cm³/mol. The lowest BCUT2D eigenvalue weighted by Crippen LogP contribution is -2.49. The summed E-state index contributed by atoms with van der Waals surface area (Å²) < 4.78 is 17.0. The molecule has 3 fully saturated rings. The zero-order valence-electron chi connectivity index (χ0n) is 20.8. The summed E-state index contributed by atoms with van der Waals surface area (Å²) in [6.07, 6.45) is 5.34. The number of methoxy groups -OCH3 is 1. The van der Waals surface area contributed by atoms with Crippen LogP contribution in [-0.4, -0.2) is 61.7 Å². The van der Waals surface area contributed by atoms with Crippen LogP contribution in [0, 0.1) is 16.7 Å². The van der Waals surface area contributed by atoms with E-state index >= 15 is 0 Å². The number of morpholine rings is 1. The number of carbonyl (C=O) groups excluding carboxylic acids is 1. The van der Waals surface area contributed by atoms with Crippen molar-refractivity contribution >= 4 is 17.8 Å². The van der Waals surface area contributed by atoms with Gasteiger partial charge in [-0.05, 0) is 68.2 Å². The van der Waals surface area contributed by atoms with Gasteiger partial charge in [0.05, 0.1) is 25.5 Å². The largest absolute Gasteiger partial charge is 0.493 e. The molecule has 4 unspecified atom stereocenters. The number of benzene rings is 1. The highest BCUT2D eigenvalue weighted by molar-refractivity contribution is 5.94. The fourth-order valence-electron chi connectivity index (χ4n) is 5.74. The molecular weight excluding hydrogens is 418 g/mol. The van der Waals surface area contributed by atoms with Gasteiger partial charge in [-0.3, -0.25) is 4.79 Å². The molecule has 1 saturated heterocycles. The molecule has 33 heavy (non-hydrogen) atoms. The van der Waals surface area contributed by atoms with Crippen molar-refractivity contribution in [1.29, 1.82) is 0 Å². The molecule has 0 aromatic heterocycles. The maximum Gasteiger partial charge on any atom is 0.260 e. The topological polar surface area (TPSA) is 72.7 Å². The second kappa shape index (κ2) is 9.09. The van der Waals surface area contributed by atoms with Crippen molar-refractivity contribution in [2.45, 2.75) is 66.1 Å². The van der Waals surface area contributed by atoms with E-state index in [2.05, 4.69) is 31.0 Å². The summed E-state index contributed by atoms with van der Waals surface area (Å²) in [4.78, 5) is 14.4. The quantitative estimate of drug-likeness (QED) is 0.473. The van der Waals surface area contributed by atoms with E-state index < -0.39 is 0 Å². The van der Waals surface area contributed by atoms with Gasteiger partial charge in [-0.15, -0.1) is 0 Å². The Bertz CT molecular complexity index is 947. The summed E-state index contributed by atoms with van der Waals surface area (Å²) in [6, 6.07) is 5.57. The van der Waals surface area contributed by atoms with Crippen LogP contribution in [0.15, 0.2) is 28.4 Å². The SMILES string of the molecule is COc1cc(/C=N/N=C2/CC3CCC2(C)C3(C)C)ccc1OCC(=O)N1CC(C)OC(C)C1. The molecule has 0 N–H and O–H groups in total. The Labute approximate surface area is 197 Å². The highest BCUT2D eigenvalue weighted by Gasteiger charge is 2.60. The van der Waals surface area contributed by atoms with Crippen LogP contribution in [0.3, 0.4) is 0 Å². The molecule has 180 valence electrons. The molecular formula is C26H37N3O4. The summed E-state index contributed by atoms with van der Waals surface area (Å²) in [5.41, 5.74) is 2.53. The minimum absolute atomic E-state index is 0.0300. The molecule has 4 rings (SSSR count). The lowest BCUT2D eigenvalue weighted by molar-refractivity contribution is -0.145. The van der Waals surface area contributed by atoms with Gasteiger partial charge in [-0.1, -0.05) is 20.8 Å². The molecule has 1 aromatic carbocycles. The number of hydrogen-bond donors (Lipinski definition) is 0. The zero-order chi connectivity index (χ0) is 23.8. The first kappa shape index (κ1) is 23.7. The zero-order valence-corrected chi connectivity index (χ0v) is 20.8. The van der Waals surface area contributed by atoms with Gasteiger partial charge < -0.3 is 19.1 Å². The third-order valence-electron chi connectivity index (χ3n) is 8.21. The standard InChI is InChI=1S/C26H37N3O4/c1-17-14-29(15-18(2)33-17)24(30)16-32-21-8-7-19(11-22(21)31-6)13-27-28-23-12-20-9-10-26(23,5)25(20,3)4/h7-8,11,13,17-18,20H,9-10,12,14-16H2,1-6H3/b27-13+,28-23-. The average molecular weight is 456 g/mol. The number of rotatable bonds is 6. The van der Waals surface area contributed by atoms with Gasteiger partial charge in [-0.25, -0.2) is 0 Å². The molecule has 0 radical (unpaired) electrons. The van der Waals surface area contributed by atoms with E-state index in [9.17, 15) is 4.79 Å². The maximum atomic E-state index is 12.6. The van der Waals surface area contributed by atoms with E-state index in [1.165, 1.54) is 18.6 Å². The molecule has 1 heterocycles. The number of amides is 1. The molecule has 7 nitrogen and oxygen atoms in total. The summed E-state index contributed by atoms with van der Waals surface area (Å²) in [7, 11) is 1.59. The maximum absolute atomic E-state index is 12.6. The van der Waals surface area contributed by atoms with Gasteiger partial charge in [0.15, 0.2) is 18.1 Å². The minimum Gasteiger partial charge on any atom is -0.493 e. The molecule has 2 saturated carbocycles. The molecule has 3 aliphatic rings. The lowest BCUT2D eigenvalue weighted by Gasteiger charge is -2.35. The van der Waals surface area contributed by atoms with Gasteiger partial charge in [-0.2, -0.15) is 10.2 Å². The van der Waals surface area contributed by atoms with Crippen LogP contribution in [0.1, 0.15) is 59.4 Å². The summed E-state index contributed by atoms with van der Waals surface area (Å²) in [6.45, 7) is 12.1.